The summed E-state index contributed by atoms with van der Waals surface area (Å²) < 4.78 is 6.31. The summed E-state index contributed by atoms with van der Waals surface area (Å²) in [6.07, 6.45) is -0.119. The van der Waals surface area contributed by atoms with E-state index in [2.05, 4.69) is 21.2 Å². The highest BCUT2D eigenvalue weighted by atomic mass is 79.9. The lowest BCUT2D eigenvalue weighted by Gasteiger charge is -2.27. The second-order valence-electron chi connectivity index (χ2n) is 4.84. The van der Waals surface area contributed by atoms with Gasteiger partial charge in [-0.05, 0) is 18.2 Å². The maximum atomic E-state index is 11.4. The topological polar surface area (TPSA) is 62.1 Å². The number of carbonyl (C=O) groups excluding carboxylic acids is 1. The number of ether oxygens (including phenoxy) is 1. The number of benzene rings is 1. The van der Waals surface area contributed by atoms with Crippen LogP contribution < -0.4 is 10.1 Å². The first kappa shape index (κ1) is 15.5. The number of rotatable bonds is 5. The maximum absolute atomic E-state index is 11.4. The number of nitrogens with one attached hydrogen (secondary N) is 1. The predicted molar refractivity (Wildman–Crippen MR) is 77.0 cm³/mol. The highest BCUT2D eigenvalue weighted by Crippen LogP contribution is 2.33. The summed E-state index contributed by atoms with van der Waals surface area (Å²) in [5.41, 5.74) is 0.710. The van der Waals surface area contributed by atoms with Gasteiger partial charge in [-0.1, -0.05) is 29.8 Å². The number of hydrogen-bond acceptors (Lipinski definition) is 3. The van der Waals surface area contributed by atoms with E-state index in [-0.39, 0.29) is 17.7 Å². The van der Waals surface area contributed by atoms with Crippen molar-refractivity contribution in [2.24, 2.45) is 0 Å². The minimum atomic E-state index is -0.291. The maximum Gasteiger partial charge on any atom is 0.234 e. The van der Waals surface area contributed by atoms with Gasteiger partial charge in [0.05, 0.1) is 13.2 Å². The molecule has 0 unspecified atom stereocenters. The monoisotopic (exact) mass is 324 g/mol. The van der Waals surface area contributed by atoms with Crippen LogP contribution in [0.15, 0.2) is 22.7 Å². The van der Waals surface area contributed by atoms with E-state index in [1.165, 1.54) is 0 Å². The van der Waals surface area contributed by atoms with Crippen molar-refractivity contribution in [2.45, 2.75) is 25.7 Å². The van der Waals surface area contributed by atoms with Crippen LogP contribution >= 0.6 is 15.9 Å². The number of carbonyl (C=O) groups is 1. The minimum absolute atomic E-state index is 0.119. The van der Waals surface area contributed by atoms with Crippen LogP contribution in [0.25, 0.3) is 0 Å². The fraction of sp³-hybridized carbons (Fsp3) is 0.429. The highest BCUT2D eigenvalue weighted by molar-refractivity contribution is 9.10. The molecule has 0 aliphatic heterocycles. The first-order valence-corrected chi connectivity index (χ1v) is 6.67. The summed E-state index contributed by atoms with van der Waals surface area (Å²) in [7, 11) is 1.62. The van der Waals surface area contributed by atoms with E-state index in [9.17, 15) is 4.79 Å². The van der Waals surface area contributed by atoms with Gasteiger partial charge in [-0.25, -0.2) is 0 Å². The third kappa shape index (κ3) is 4.25. The lowest BCUT2D eigenvalue weighted by atomic mass is 9.84. The van der Waals surface area contributed by atoms with Gasteiger partial charge < -0.3 is 10.1 Å². The molecule has 0 fully saturated rings. The molecule has 5 heteroatoms. The molecule has 0 radical (unpaired) electrons. The van der Waals surface area contributed by atoms with Crippen molar-refractivity contribution < 1.29 is 9.53 Å². The Labute approximate surface area is 121 Å². The summed E-state index contributed by atoms with van der Waals surface area (Å²) >= 11 is 3.44. The van der Waals surface area contributed by atoms with Gasteiger partial charge in [-0.15, -0.1) is 0 Å². The molecule has 0 saturated carbocycles. The van der Waals surface area contributed by atoms with Crippen LogP contribution in [0.1, 0.15) is 25.8 Å². The van der Waals surface area contributed by atoms with E-state index < -0.39 is 0 Å². The molecule has 1 N–H and O–H groups in total. The van der Waals surface area contributed by atoms with Crippen molar-refractivity contribution in [3.05, 3.63) is 28.2 Å². The number of nitrogens with zero attached hydrogens (tertiary/aromatic N) is 1. The SMILES string of the molecule is COc1ccc(Br)cc1C(C)(C)CNC(=O)CC#N. The van der Waals surface area contributed by atoms with E-state index in [1.807, 2.05) is 38.1 Å². The first-order valence-electron chi connectivity index (χ1n) is 5.88. The number of nitriles is 1. The van der Waals surface area contributed by atoms with Gasteiger partial charge in [0.1, 0.15) is 12.2 Å². The zero-order chi connectivity index (χ0) is 14.5. The largest absolute Gasteiger partial charge is 0.496 e. The Hall–Kier alpha value is -1.54. The summed E-state index contributed by atoms with van der Waals surface area (Å²) in [5, 5.41) is 11.2. The van der Waals surface area contributed by atoms with Gasteiger partial charge >= 0.3 is 0 Å². The number of amides is 1. The van der Waals surface area contributed by atoms with E-state index in [1.54, 1.807) is 7.11 Å². The average Bonchev–Trinajstić information content (AvgIpc) is 2.37. The Bertz CT molecular complexity index is 507. The van der Waals surface area contributed by atoms with Gasteiger partial charge in [0.15, 0.2) is 0 Å². The summed E-state index contributed by atoms with van der Waals surface area (Å²) in [4.78, 5) is 11.4. The standard InChI is InChI=1S/C14H17BrN2O2/c1-14(2,9-17-13(18)6-7-16)11-8-10(15)4-5-12(11)19-3/h4-5,8H,6,9H2,1-3H3,(H,17,18). The fourth-order valence-corrected chi connectivity index (χ4v) is 2.12. The molecule has 0 aliphatic carbocycles. The molecule has 0 heterocycles. The molecule has 102 valence electrons. The molecule has 19 heavy (non-hydrogen) atoms. The van der Waals surface area contributed by atoms with Gasteiger partial charge in [0, 0.05) is 22.0 Å². The molecule has 1 rings (SSSR count). The van der Waals surface area contributed by atoms with Gasteiger partial charge in [0.25, 0.3) is 0 Å². The second-order valence-corrected chi connectivity index (χ2v) is 5.76. The van der Waals surface area contributed by atoms with E-state index in [4.69, 9.17) is 10.00 Å². The Kier molecular flexibility index (Phi) is 5.37. The van der Waals surface area contributed by atoms with Gasteiger partial charge in [-0.2, -0.15) is 5.26 Å². The van der Waals surface area contributed by atoms with Gasteiger partial charge in [0.2, 0.25) is 5.91 Å². The van der Waals surface area contributed by atoms with Crippen LogP contribution in [0.2, 0.25) is 0 Å². The van der Waals surface area contributed by atoms with Crippen molar-refractivity contribution in [3.8, 4) is 11.8 Å². The number of hydrogen-bond donors (Lipinski definition) is 1. The minimum Gasteiger partial charge on any atom is -0.496 e. The van der Waals surface area contributed by atoms with Crippen LogP contribution in [0.5, 0.6) is 5.75 Å². The average molecular weight is 325 g/mol. The predicted octanol–water partition coefficient (Wildman–Crippen LogP) is 2.77. The van der Waals surface area contributed by atoms with Crippen LogP contribution in [0, 0.1) is 11.3 Å². The van der Waals surface area contributed by atoms with E-state index >= 15 is 0 Å². The smallest absolute Gasteiger partial charge is 0.234 e. The molecule has 0 atom stereocenters. The lowest BCUT2D eigenvalue weighted by Crippen LogP contribution is -2.36. The van der Waals surface area contributed by atoms with E-state index in [0.29, 0.717) is 6.54 Å². The van der Waals surface area contributed by atoms with Crippen LogP contribution in [-0.4, -0.2) is 19.6 Å². The third-order valence-corrected chi connectivity index (χ3v) is 3.35. The fourth-order valence-electron chi connectivity index (χ4n) is 1.76. The summed E-state index contributed by atoms with van der Waals surface area (Å²) in [6.45, 7) is 4.48. The molecule has 1 amide bonds. The number of halogens is 1. The van der Waals surface area contributed by atoms with Crippen molar-refractivity contribution in [1.29, 1.82) is 5.26 Å². The molecule has 0 aromatic heterocycles. The second kappa shape index (κ2) is 6.58. The van der Waals surface area contributed by atoms with Crippen molar-refractivity contribution in [2.75, 3.05) is 13.7 Å². The molecular formula is C14H17BrN2O2. The Morgan fingerprint density at radius 3 is 2.79 bits per heavy atom. The summed E-state index contributed by atoms with van der Waals surface area (Å²) in [6, 6.07) is 7.61. The Balaban J connectivity index is 2.90. The molecule has 1 aromatic rings. The molecule has 4 nitrogen and oxygen atoms in total. The van der Waals surface area contributed by atoms with Crippen molar-refractivity contribution in [3.63, 3.8) is 0 Å². The van der Waals surface area contributed by atoms with Crippen LogP contribution in [0.3, 0.4) is 0 Å². The number of methoxy groups -OCH3 is 1. The quantitative estimate of drug-likeness (QED) is 0.905. The molecule has 0 bridgehead atoms. The van der Waals surface area contributed by atoms with Crippen LogP contribution in [-0.2, 0) is 10.2 Å². The molecule has 0 spiro atoms. The van der Waals surface area contributed by atoms with E-state index in [0.717, 1.165) is 15.8 Å². The molecular weight excluding hydrogens is 308 g/mol. The van der Waals surface area contributed by atoms with Gasteiger partial charge in [-0.3, -0.25) is 4.79 Å². The molecule has 0 aliphatic rings. The van der Waals surface area contributed by atoms with Crippen LogP contribution in [0.4, 0.5) is 0 Å². The normalized spacial score (nSPS) is 10.7. The van der Waals surface area contributed by atoms with Crippen molar-refractivity contribution in [1.82, 2.24) is 5.32 Å². The molecule has 0 saturated heterocycles. The summed E-state index contributed by atoms with van der Waals surface area (Å²) in [5.74, 6) is 0.521. The van der Waals surface area contributed by atoms with Crippen molar-refractivity contribution >= 4 is 21.8 Å². The zero-order valence-corrected chi connectivity index (χ0v) is 12.9. The zero-order valence-electron chi connectivity index (χ0n) is 11.3. The Morgan fingerprint density at radius 2 is 2.21 bits per heavy atom. The Morgan fingerprint density at radius 1 is 1.53 bits per heavy atom. The highest BCUT2D eigenvalue weighted by Gasteiger charge is 2.25. The molecule has 1 aromatic carbocycles. The third-order valence-electron chi connectivity index (χ3n) is 2.86. The first-order chi connectivity index (χ1) is 8.90. The lowest BCUT2D eigenvalue weighted by molar-refractivity contribution is -0.120.